The van der Waals surface area contributed by atoms with Gasteiger partial charge in [0.1, 0.15) is 17.1 Å². The maximum Gasteiger partial charge on any atom is 0.240 e. The van der Waals surface area contributed by atoms with Gasteiger partial charge in [-0.2, -0.15) is 0 Å². The summed E-state index contributed by atoms with van der Waals surface area (Å²) in [6.45, 7) is 6.67. The van der Waals surface area contributed by atoms with Crippen LogP contribution in [-0.4, -0.2) is 39.6 Å². The second kappa shape index (κ2) is 9.22. The van der Waals surface area contributed by atoms with Crippen molar-refractivity contribution in [1.29, 1.82) is 0 Å². The number of nitrogens with zero attached hydrogens (tertiary/aromatic N) is 1. The molecular formula is C19H28N4O4S. The monoisotopic (exact) mass is 408 g/mol. The minimum absolute atomic E-state index is 0.206. The summed E-state index contributed by atoms with van der Waals surface area (Å²) in [4.78, 5) is 4.69. The topological polar surface area (TPSA) is 116 Å². The van der Waals surface area contributed by atoms with Crippen LogP contribution >= 0.6 is 0 Å². The second-order valence-electron chi connectivity index (χ2n) is 6.58. The highest BCUT2D eigenvalue weighted by Gasteiger charge is 2.27. The van der Waals surface area contributed by atoms with Gasteiger partial charge < -0.3 is 20.2 Å². The van der Waals surface area contributed by atoms with Crippen LogP contribution in [0.15, 0.2) is 50.7 Å². The molecule has 1 aromatic carbocycles. The van der Waals surface area contributed by atoms with Crippen LogP contribution in [0.3, 0.4) is 0 Å². The van der Waals surface area contributed by atoms with Crippen LogP contribution in [0.5, 0.6) is 0 Å². The molecule has 0 saturated carbocycles. The maximum atomic E-state index is 11.8. The molecule has 1 unspecified atom stereocenters. The van der Waals surface area contributed by atoms with Crippen molar-refractivity contribution in [2.45, 2.75) is 37.8 Å². The van der Waals surface area contributed by atoms with E-state index in [2.05, 4.69) is 20.3 Å². The smallest absolute Gasteiger partial charge is 0.240 e. The summed E-state index contributed by atoms with van der Waals surface area (Å²) < 4.78 is 31.3. The molecule has 2 rings (SSSR count). The molecule has 8 nitrogen and oxygen atoms in total. The number of aliphatic hydroxyl groups is 1. The number of nitrogens with one attached hydrogen (secondary N) is 3. The van der Waals surface area contributed by atoms with Gasteiger partial charge in [0.25, 0.3) is 0 Å². The molecule has 0 fully saturated rings. The van der Waals surface area contributed by atoms with E-state index in [9.17, 15) is 13.5 Å². The van der Waals surface area contributed by atoms with Gasteiger partial charge in [0.05, 0.1) is 18.0 Å². The minimum atomic E-state index is -3.45. The Hall–Kier alpha value is -2.36. The molecule has 0 bridgehead atoms. The fraction of sp³-hybridized carbons (Fsp3) is 0.421. The molecule has 4 N–H and O–H groups in total. The third-order valence-corrected chi connectivity index (χ3v) is 5.57. The molecule has 28 heavy (non-hydrogen) atoms. The minimum Gasteiger partial charge on any atom is -0.463 e. The van der Waals surface area contributed by atoms with Gasteiger partial charge in [-0.05, 0) is 57.6 Å². The summed E-state index contributed by atoms with van der Waals surface area (Å²) in [5.74, 6) is 1.76. The second-order valence-corrected chi connectivity index (χ2v) is 8.47. The Morgan fingerprint density at radius 1 is 1.18 bits per heavy atom. The third-order valence-electron chi connectivity index (χ3n) is 4.14. The average molecular weight is 409 g/mol. The lowest BCUT2D eigenvalue weighted by Crippen LogP contribution is -2.44. The van der Waals surface area contributed by atoms with Gasteiger partial charge in [0, 0.05) is 6.54 Å². The molecule has 0 spiro atoms. The highest BCUT2D eigenvalue weighted by molar-refractivity contribution is 7.89. The molecule has 0 aliphatic carbocycles. The van der Waals surface area contributed by atoms with E-state index in [1.54, 1.807) is 43.3 Å². The Morgan fingerprint density at radius 2 is 1.86 bits per heavy atom. The van der Waals surface area contributed by atoms with Gasteiger partial charge in [-0.15, -0.1) is 0 Å². The number of furan rings is 1. The number of aliphatic imine (C=N–C) groups is 1. The van der Waals surface area contributed by atoms with E-state index in [-0.39, 0.29) is 11.4 Å². The number of hydrogen-bond donors (Lipinski definition) is 4. The molecule has 0 aliphatic rings. The Bertz CT molecular complexity index is 902. The zero-order valence-corrected chi connectivity index (χ0v) is 17.4. The van der Waals surface area contributed by atoms with Gasteiger partial charge >= 0.3 is 0 Å². The average Bonchev–Trinajstić information content (AvgIpc) is 3.12. The van der Waals surface area contributed by atoms with Crippen LogP contribution in [0.2, 0.25) is 0 Å². The van der Waals surface area contributed by atoms with Gasteiger partial charge in [0.2, 0.25) is 10.0 Å². The highest BCUT2D eigenvalue weighted by Crippen LogP contribution is 2.21. The Morgan fingerprint density at radius 3 is 2.39 bits per heavy atom. The molecular weight excluding hydrogens is 380 g/mol. The summed E-state index contributed by atoms with van der Waals surface area (Å²) >= 11 is 0. The number of sulfonamides is 1. The molecule has 1 aromatic heterocycles. The van der Waals surface area contributed by atoms with Crippen molar-refractivity contribution >= 4 is 16.0 Å². The van der Waals surface area contributed by atoms with Gasteiger partial charge in [0.15, 0.2) is 5.96 Å². The predicted molar refractivity (Wildman–Crippen MR) is 109 cm³/mol. The molecule has 0 aliphatic heterocycles. The summed E-state index contributed by atoms with van der Waals surface area (Å²) in [6, 6.07) is 10.1. The molecule has 0 saturated heterocycles. The zero-order valence-electron chi connectivity index (χ0n) is 16.6. The van der Waals surface area contributed by atoms with Crippen LogP contribution in [0.1, 0.15) is 30.9 Å². The number of rotatable bonds is 8. The van der Waals surface area contributed by atoms with Crippen LogP contribution in [0.25, 0.3) is 0 Å². The van der Waals surface area contributed by atoms with Gasteiger partial charge in [-0.25, -0.2) is 18.1 Å². The lowest BCUT2D eigenvalue weighted by atomic mass is 10.0. The number of hydrogen-bond acceptors (Lipinski definition) is 5. The van der Waals surface area contributed by atoms with Crippen molar-refractivity contribution in [3.8, 4) is 0 Å². The van der Waals surface area contributed by atoms with Crippen LogP contribution in [-0.2, 0) is 22.2 Å². The molecule has 1 heterocycles. The van der Waals surface area contributed by atoms with E-state index in [4.69, 9.17) is 4.42 Å². The Kier molecular flexibility index (Phi) is 7.22. The quantitative estimate of drug-likeness (QED) is 0.388. The number of guanidine groups is 1. The summed E-state index contributed by atoms with van der Waals surface area (Å²) in [5.41, 5.74) is -0.325. The van der Waals surface area contributed by atoms with Crippen molar-refractivity contribution in [2.24, 2.45) is 4.99 Å². The first-order chi connectivity index (χ1) is 13.2. The SMILES string of the molecule is CCNC(=NCc1ccc(S(=O)(=O)NC)cc1)NCC(C)(O)c1ccc(C)o1. The predicted octanol–water partition coefficient (Wildman–Crippen LogP) is 1.46. The first-order valence-electron chi connectivity index (χ1n) is 9.02. The van der Waals surface area contributed by atoms with Gasteiger partial charge in [-0.3, -0.25) is 0 Å². The van der Waals surface area contributed by atoms with Crippen molar-refractivity contribution in [2.75, 3.05) is 20.1 Å². The molecule has 9 heteroatoms. The largest absolute Gasteiger partial charge is 0.463 e. The van der Waals surface area contributed by atoms with E-state index < -0.39 is 15.6 Å². The summed E-state index contributed by atoms with van der Waals surface area (Å²) in [6.07, 6.45) is 0. The fourth-order valence-corrected chi connectivity index (χ4v) is 3.20. The van der Waals surface area contributed by atoms with Crippen LogP contribution in [0.4, 0.5) is 0 Å². The molecule has 0 amide bonds. The van der Waals surface area contributed by atoms with Gasteiger partial charge in [-0.1, -0.05) is 12.1 Å². The lowest BCUT2D eigenvalue weighted by Gasteiger charge is -2.22. The first-order valence-corrected chi connectivity index (χ1v) is 10.5. The number of aryl methyl sites for hydroxylation is 1. The molecule has 0 radical (unpaired) electrons. The van der Waals surface area contributed by atoms with Crippen molar-refractivity contribution in [3.05, 3.63) is 53.5 Å². The molecule has 154 valence electrons. The van der Waals surface area contributed by atoms with Crippen molar-refractivity contribution in [3.63, 3.8) is 0 Å². The summed E-state index contributed by atoms with van der Waals surface area (Å²) in [5, 5.41) is 16.9. The third kappa shape index (κ3) is 5.82. The van der Waals surface area contributed by atoms with E-state index >= 15 is 0 Å². The van der Waals surface area contributed by atoms with Crippen LogP contribution in [0, 0.1) is 6.92 Å². The highest BCUT2D eigenvalue weighted by atomic mass is 32.2. The fourth-order valence-electron chi connectivity index (χ4n) is 2.47. The lowest BCUT2D eigenvalue weighted by molar-refractivity contribution is 0.0378. The van der Waals surface area contributed by atoms with Crippen molar-refractivity contribution in [1.82, 2.24) is 15.4 Å². The first kappa shape index (κ1) is 21.9. The summed E-state index contributed by atoms with van der Waals surface area (Å²) in [7, 11) is -2.08. The zero-order chi connectivity index (χ0) is 20.8. The van der Waals surface area contributed by atoms with Crippen LogP contribution < -0.4 is 15.4 Å². The van der Waals surface area contributed by atoms with E-state index in [1.165, 1.54) is 7.05 Å². The Balaban J connectivity index is 2.04. The van der Waals surface area contributed by atoms with E-state index in [0.29, 0.717) is 24.8 Å². The van der Waals surface area contributed by atoms with Crippen molar-refractivity contribution < 1.29 is 17.9 Å². The maximum absolute atomic E-state index is 11.8. The van der Waals surface area contributed by atoms with E-state index in [1.807, 2.05) is 13.8 Å². The number of benzene rings is 1. The standard InChI is InChI=1S/C19H28N4O4S/c1-5-21-18(23-13-19(3,24)17-11-6-14(2)27-17)22-12-15-7-9-16(10-8-15)28(25,26)20-4/h6-11,20,24H,5,12-13H2,1-4H3,(H2,21,22,23). The Labute approximate surface area is 166 Å². The normalized spacial score (nSPS) is 14.5. The molecule has 2 aromatic rings. The van der Waals surface area contributed by atoms with E-state index in [0.717, 1.165) is 11.3 Å². The molecule has 1 atom stereocenters.